The monoisotopic (exact) mass is 456 g/mol. The summed E-state index contributed by atoms with van der Waals surface area (Å²) in [6, 6.07) is 13.7. The van der Waals surface area contributed by atoms with Crippen molar-refractivity contribution in [2.24, 2.45) is 4.99 Å². The molecule has 25 heavy (non-hydrogen) atoms. The van der Waals surface area contributed by atoms with Crippen LogP contribution in [0, 0.1) is 0 Å². The van der Waals surface area contributed by atoms with Gasteiger partial charge in [0.2, 0.25) is 5.88 Å². The zero-order chi connectivity index (χ0) is 17.4. The van der Waals surface area contributed by atoms with E-state index >= 15 is 0 Å². The first-order chi connectivity index (χ1) is 11.7. The lowest BCUT2D eigenvalue weighted by Gasteiger charge is -2.22. The van der Waals surface area contributed by atoms with Crippen molar-refractivity contribution in [2.75, 3.05) is 28.3 Å². The van der Waals surface area contributed by atoms with E-state index in [2.05, 4.69) is 20.2 Å². The lowest BCUT2D eigenvalue weighted by atomic mass is 10.2. The molecule has 2 aromatic rings. The number of guanidine groups is 1. The van der Waals surface area contributed by atoms with Gasteiger partial charge in [-0.2, -0.15) is 0 Å². The van der Waals surface area contributed by atoms with Crippen molar-refractivity contribution in [1.82, 2.24) is 15.2 Å². The molecule has 1 aromatic carbocycles. The molecule has 0 aliphatic heterocycles. The highest BCUT2D eigenvalue weighted by Crippen LogP contribution is 2.12. The van der Waals surface area contributed by atoms with E-state index in [9.17, 15) is 0 Å². The Bertz CT molecular complexity index is 677. The Hall–Kier alpha value is -2.03. The summed E-state index contributed by atoms with van der Waals surface area (Å²) in [5, 5.41) is 3.31. The molecule has 0 fully saturated rings. The third-order valence-electron chi connectivity index (χ3n) is 3.57. The molecule has 0 spiro atoms. The molecule has 0 unspecified atom stereocenters. The number of nitrogens with one attached hydrogen (secondary N) is 1. The van der Waals surface area contributed by atoms with Crippen molar-refractivity contribution in [3.05, 3.63) is 53.7 Å². The van der Waals surface area contributed by atoms with Crippen molar-refractivity contribution >= 4 is 29.9 Å². The number of aliphatic imine (C=N–C) groups is 1. The van der Waals surface area contributed by atoms with Crippen LogP contribution in [0.25, 0.3) is 0 Å². The smallest absolute Gasteiger partial charge is 0.213 e. The van der Waals surface area contributed by atoms with Crippen molar-refractivity contribution in [3.8, 4) is 11.6 Å². The fraction of sp³-hybridized carbons (Fsp3) is 0.333. The van der Waals surface area contributed by atoms with Gasteiger partial charge in [0.25, 0.3) is 0 Å². The van der Waals surface area contributed by atoms with Gasteiger partial charge in [0.1, 0.15) is 5.75 Å². The summed E-state index contributed by atoms with van der Waals surface area (Å²) in [5.74, 6) is 2.26. The number of hydrogen-bond donors (Lipinski definition) is 1. The van der Waals surface area contributed by atoms with E-state index in [1.165, 1.54) is 5.56 Å². The molecule has 0 bridgehead atoms. The summed E-state index contributed by atoms with van der Waals surface area (Å²) in [4.78, 5) is 10.8. The van der Waals surface area contributed by atoms with Crippen molar-refractivity contribution in [1.29, 1.82) is 0 Å². The number of rotatable bonds is 6. The molecule has 1 N–H and O–H groups in total. The zero-order valence-corrected chi connectivity index (χ0v) is 17.4. The maximum Gasteiger partial charge on any atom is 0.213 e. The molecule has 2 rings (SSSR count). The quantitative estimate of drug-likeness (QED) is 0.412. The zero-order valence-electron chi connectivity index (χ0n) is 15.0. The van der Waals surface area contributed by atoms with E-state index in [0.717, 1.165) is 23.9 Å². The second kappa shape index (κ2) is 10.8. The summed E-state index contributed by atoms with van der Waals surface area (Å²) in [5.41, 5.74) is 2.08. The fourth-order valence-corrected chi connectivity index (χ4v) is 2.30. The number of halogens is 1. The molecule has 6 nitrogen and oxygen atoms in total. The molecule has 1 aromatic heterocycles. The SMILES string of the molecule is CN=C(NCc1cccc(OC)n1)N(C)Cc1ccc(OC)cc1.I. The first-order valence-corrected chi connectivity index (χ1v) is 7.71. The number of hydrogen-bond acceptors (Lipinski definition) is 4. The van der Waals surface area contributed by atoms with Gasteiger partial charge in [0.15, 0.2) is 5.96 Å². The second-order valence-corrected chi connectivity index (χ2v) is 5.28. The largest absolute Gasteiger partial charge is 0.497 e. The summed E-state index contributed by atoms with van der Waals surface area (Å²) in [6.07, 6.45) is 0. The molecule has 0 aliphatic carbocycles. The van der Waals surface area contributed by atoms with Gasteiger partial charge in [-0.05, 0) is 23.8 Å². The van der Waals surface area contributed by atoms with E-state index in [4.69, 9.17) is 9.47 Å². The molecule has 0 radical (unpaired) electrons. The Morgan fingerprint density at radius 2 is 1.84 bits per heavy atom. The predicted octanol–water partition coefficient (Wildman–Crippen LogP) is 2.92. The third-order valence-corrected chi connectivity index (χ3v) is 3.57. The van der Waals surface area contributed by atoms with Crippen molar-refractivity contribution in [3.63, 3.8) is 0 Å². The first kappa shape index (κ1) is 21.0. The first-order valence-electron chi connectivity index (χ1n) is 7.71. The lowest BCUT2D eigenvalue weighted by molar-refractivity contribution is 0.396. The van der Waals surface area contributed by atoms with Gasteiger partial charge < -0.3 is 19.7 Å². The van der Waals surface area contributed by atoms with Crippen LogP contribution in [0.1, 0.15) is 11.3 Å². The molecule has 0 saturated heterocycles. The van der Waals surface area contributed by atoms with Gasteiger partial charge in [-0.1, -0.05) is 18.2 Å². The van der Waals surface area contributed by atoms with Crippen molar-refractivity contribution < 1.29 is 9.47 Å². The van der Waals surface area contributed by atoms with E-state index in [1.54, 1.807) is 21.3 Å². The Morgan fingerprint density at radius 1 is 1.12 bits per heavy atom. The molecule has 7 heteroatoms. The molecule has 0 atom stereocenters. The van der Waals surface area contributed by atoms with Crippen LogP contribution in [0.4, 0.5) is 0 Å². The molecular formula is C18H25IN4O2. The number of benzene rings is 1. The van der Waals surface area contributed by atoms with Gasteiger partial charge in [-0.3, -0.25) is 4.99 Å². The highest BCUT2D eigenvalue weighted by atomic mass is 127. The topological polar surface area (TPSA) is 59.0 Å². The summed E-state index contributed by atoms with van der Waals surface area (Å²) < 4.78 is 10.3. The van der Waals surface area contributed by atoms with Crippen LogP contribution in [0.5, 0.6) is 11.6 Å². The van der Waals surface area contributed by atoms with Gasteiger partial charge in [-0.25, -0.2) is 4.98 Å². The van der Waals surface area contributed by atoms with E-state index in [1.807, 2.05) is 49.5 Å². The highest BCUT2D eigenvalue weighted by molar-refractivity contribution is 14.0. The molecular weight excluding hydrogens is 431 g/mol. The van der Waals surface area contributed by atoms with E-state index in [0.29, 0.717) is 12.4 Å². The van der Waals surface area contributed by atoms with Gasteiger partial charge >= 0.3 is 0 Å². The number of aromatic nitrogens is 1. The number of methoxy groups -OCH3 is 2. The van der Waals surface area contributed by atoms with Gasteiger partial charge in [0.05, 0.1) is 26.5 Å². The predicted molar refractivity (Wildman–Crippen MR) is 111 cm³/mol. The van der Waals surface area contributed by atoms with Gasteiger partial charge in [0, 0.05) is 26.7 Å². The van der Waals surface area contributed by atoms with Crippen LogP contribution in [0.2, 0.25) is 0 Å². The average Bonchev–Trinajstić information content (AvgIpc) is 2.63. The van der Waals surface area contributed by atoms with Crippen LogP contribution < -0.4 is 14.8 Å². The Kier molecular flexibility index (Phi) is 9.04. The Morgan fingerprint density at radius 3 is 2.44 bits per heavy atom. The normalized spacial score (nSPS) is 10.6. The highest BCUT2D eigenvalue weighted by Gasteiger charge is 2.07. The molecule has 0 aliphatic rings. The maximum atomic E-state index is 5.18. The summed E-state index contributed by atoms with van der Waals surface area (Å²) >= 11 is 0. The number of ether oxygens (including phenoxy) is 2. The average molecular weight is 456 g/mol. The Labute approximate surface area is 166 Å². The lowest BCUT2D eigenvalue weighted by Crippen LogP contribution is -2.38. The fourth-order valence-electron chi connectivity index (χ4n) is 2.30. The minimum atomic E-state index is 0. The van der Waals surface area contributed by atoms with Crippen LogP contribution in [-0.2, 0) is 13.1 Å². The molecule has 136 valence electrons. The maximum absolute atomic E-state index is 5.18. The minimum Gasteiger partial charge on any atom is -0.497 e. The minimum absolute atomic E-state index is 0. The van der Waals surface area contributed by atoms with Crippen LogP contribution in [0.3, 0.4) is 0 Å². The number of pyridine rings is 1. The summed E-state index contributed by atoms with van der Waals surface area (Å²) in [6.45, 7) is 1.33. The third kappa shape index (κ3) is 6.41. The molecule has 1 heterocycles. The summed E-state index contributed by atoms with van der Waals surface area (Å²) in [7, 11) is 7.05. The second-order valence-electron chi connectivity index (χ2n) is 5.28. The van der Waals surface area contributed by atoms with Crippen LogP contribution in [-0.4, -0.2) is 44.2 Å². The van der Waals surface area contributed by atoms with Crippen LogP contribution >= 0.6 is 24.0 Å². The standard InChI is InChI=1S/C18H24N4O2.HI/c1-19-18(20-12-15-6-5-7-17(21-15)24-4)22(2)13-14-8-10-16(23-3)11-9-14;/h5-11H,12-13H2,1-4H3,(H,19,20);1H. The van der Waals surface area contributed by atoms with Gasteiger partial charge in [-0.15, -0.1) is 24.0 Å². The van der Waals surface area contributed by atoms with Crippen molar-refractivity contribution in [2.45, 2.75) is 13.1 Å². The molecule has 0 saturated carbocycles. The Balaban J connectivity index is 0.00000312. The molecule has 0 amide bonds. The van der Waals surface area contributed by atoms with E-state index < -0.39 is 0 Å². The van der Waals surface area contributed by atoms with E-state index in [-0.39, 0.29) is 24.0 Å². The van der Waals surface area contributed by atoms with Crippen LogP contribution in [0.15, 0.2) is 47.5 Å². The number of nitrogens with zero attached hydrogens (tertiary/aromatic N) is 3.